The standard InChI is InChI=1S/C15H13ClO/c1-10-3-4-13(11(2)17)9-15(10)12-5-7-14(16)8-6-12/h3-9H,1-2H3. The van der Waals surface area contributed by atoms with E-state index in [9.17, 15) is 4.79 Å². The lowest BCUT2D eigenvalue weighted by molar-refractivity contribution is 0.101. The van der Waals surface area contributed by atoms with Gasteiger partial charge < -0.3 is 0 Å². The third kappa shape index (κ3) is 2.56. The molecule has 0 N–H and O–H groups in total. The first-order valence-corrected chi connectivity index (χ1v) is 5.83. The monoisotopic (exact) mass is 244 g/mol. The molecule has 1 nitrogen and oxygen atoms in total. The lowest BCUT2D eigenvalue weighted by atomic mass is 9.97. The van der Waals surface area contributed by atoms with Crippen LogP contribution < -0.4 is 0 Å². The van der Waals surface area contributed by atoms with Crippen LogP contribution in [0.25, 0.3) is 11.1 Å². The lowest BCUT2D eigenvalue weighted by Crippen LogP contribution is -1.93. The second-order valence-electron chi connectivity index (χ2n) is 4.09. The maximum Gasteiger partial charge on any atom is 0.159 e. The molecule has 0 bridgehead atoms. The van der Waals surface area contributed by atoms with Crippen LogP contribution >= 0.6 is 11.6 Å². The van der Waals surface area contributed by atoms with E-state index in [0.717, 1.165) is 22.3 Å². The summed E-state index contributed by atoms with van der Waals surface area (Å²) in [6, 6.07) is 13.4. The van der Waals surface area contributed by atoms with E-state index in [1.54, 1.807) is 6.92 Å². The second-order valence-corrected chi connectivity index (χ2v) is 4.53. The predicted molar refractivity (Wildman–Crippen MR) is 71.6 cm³/mol. The summed E-state index contributed by atoms with van der Waals surface area (Å²) >= 11 is 5.87. The van der Waals surface area contributed by atoms with Gasteiger partial charge in [0.1, 0.15) is 0 Å². The summed E-state index contributed by atoms with van der Waals surface area (Å²) < 4.78 is 0. The van der Waals surface area contributed by atoms with E-state index in [1.807, 2.05) is 49.4 Å². The zero-order valence-electron chi connectivity index (χ0n) is 9.83. The molecule has 0 aromatic heterocycles. The van der Waals surface area contributed by atoms with E-state index in [4.69, 9.17) is 11.6 Å². The van der Waals surface area contributed by atoms with Crippen LogP contribution in [-0.4, -0.2) is 5.78 Å². The summed E-state index contributed by atoms with van der Waals surface area (Å²) in [6.45, 7) is 3.62. The zero-order chi connectivity index (χ0) is 12.4. The van der Waals surface area contributed by atoms with Gasteiger partial charge in [-0.15, -0.1) is 0 Å². The smallest absolute Gasteiger partial charge is 0.159 e. The highest BCUT2D eigenvalue weighted by Gasteiger charge is 2.06. The Bertz CT molecular complexity index is 556. The Morgan fingerprint density at radius 2 is 1.71 bits per heavy atom. The number of Topliss-reactive ketones (excluding diaryl/α,β-unsaturated/α-hetero) is 1. The number of carbonyl (C=O) groups excluding carboxylic acids is 1. The lowest BCUT2D eigenvalue weighted by Gasteiger charge is -2.08. The summed E-state index contributed by atoms with van der Waals surface area (Å²) in [4.78, 5) is 11.4. The SMILES string of the molecule is CC(=O)c1ccc(C)c(-c2ccc(Cl)cc2)c1. The van der Waals surface area contributed by atoms with E-state index in [-0.39, 0.29) is 5.78 Å². The minimum atomic E-state index is 0.0835. The molecular formula is C15H13ClO. The van der Waals surface area contributed by atoms with E-state index >= 15 is 0 Å². The Balaban J connectivity index is 2.54. The largest absolute Gasteiger partial charge is 0.295 e. The van der Waals surface area contributed by atoms with E-state index in [1.165, 1.54) is 0 Å². The first-order chi connectivity index (χ1) is 8.08. The average Bonchev–Trinajstić information content (AvgIpc) is 2.31. The quantitative estimate of drug-likeness (QED) is 0.710. The van der Waals surface area contributed by atoms with Gasteiger partial charge in [-0.1, -0.05) is 35.9 Å². The van der Waals surface area contributed by atoms with Crippen molar-refractivity contribution in [2.75, 3.05) is 0 Å². The molecule has 0 saturated carbocycles. The molecule has 2 heteroatoms. The van der Waals surface area contributed by atoms with Gasteiger partial charge in [-0.05, 0) is 48.7 Å². The van der Waals surface area contributed by atoms with Crippen molar-refractivity contribution in [1.82, 2.24) is 0 Å². The molecule has 0 aliphatic rings. The first-order valence-electron chi connectivity index (χ1n) is 5.45. The highest BCUT2D eigenvalue weighted by Crippen LogP contribution is 2.26. The van der Waals surface area contributed by atoms with Crippen LogP contribution in [0.4, 0.5) is 0 Å². The van der Waals surface area contributed by atoms with Gasteiger partial charge in [0.05, 0.1) is 0 Å². The number of hydrogen-bond acceptors (Lipinski definition) is 1. The molecular weight excluding hydrogens is 232 g/mol. The minimum absolute atomic E-state index is 0.0835. The van der Waals surface area contributed by atoms with Crippen molar-refractivity contribution in [1.29, 1.82) is 0 Å². The van der Waals surface area contributed by atoms with Crippen molar-refractivity contribution in [3.05, 3.63) is 58.6 Å². The fourth-order valence-corrected chi connectivity index (χ4v) is 1.91. The van der Waals surface area contributed by atoms with Crippen molar-refractivity contribution in [2.24, 2.45) is 0 Å². The summed E-state index contributed by atoms with van der Waals surface area (Å²) in [6.07, 6.45) is 0. The molecule has 0 unspecified atom stereocenters. The van der Waals surface area contributed by atoms with Gasteiger partial charge in [-0.25, -0.2) is 0 Å². The van der Waals surface area contributed by atoms with E-state index in [2.05, 4.69) is 0 Å². The molecule has 0 aliphatic carbocycles. The second kappa shape index (κ2) is 4.72. The molecule has 0 heterocycles. The van der Waals surface area contributed by atoms with Crippen molar-refractivity contribution in [3.63, 3.8) is 0 Å². The average molecular weight is 245 g/mol. The Morgan fingerprint density at radius 1 is 1.06 bits per heavy atom. The molecule has 0 atom stereocenters. The van der Waals surface area contributed by atoms with Gasteiger partial charge in [-0.2, -0.15) is 0 Å². The Kier molecular flexibility index (Phi) is 3.30. The molecule has 2 aromatic carbocycles. The summed E-state index contributed by atoms with van der Waals surface area (Å²) in [5, 5.41) is 0.717. The summed E-state index contributed by atoms with van der Waals surface area (Å²) in [5.74, 6) is 0.0835. The first kappa shape index (κ1) is 11.9. The number of carbonyl (C=O) groups is 1. The van der Waals surface area contributed by atoms with Gasteiger partial charge in [0.15, 0.2) is 5.78 Å². The fraction of sp³-hybridized carbons (Fsp3) is 0.133. The molecule has 0 aliphatic heterocycles. The van der Waals surface area contributed by atoms with E-state index in [0.29, 0.717) is 5.02 Å². The maximum absolute atomic E-state index is 11.4. The number of hydrogen-bond donors (Lipinski definition) is 0. The fourth-order valence-electron chi connectivity index (χ4n) is 1.78. The van der Waals surface area contributed by atoms with Crippen molar-refractivity contribution in [2.45, 2.75) is 13.8 Å². The van der Waals surface area contributed by atoms with Crippen LogP contribution in [0.15, 0.2) is 42.5 Å². The minimum Gasteiger partial charge on any atom is -0.295 e. The number of benzene rings is 2. The van der Waals surface area contributed by atoms with Crippen molar-refractivity contribution in [3.8, 4) is 11.1 Å². The van der Waals surface area contributed by atoms with E-state index < -0.39 is 0 Å². The van der Waals surface area contributed by atoms with Crippen LogP contribution in [0, 0.1) is 6.92 Å². The number of rotatable bonds is 2. The highest BCUT2D eigenvalue weighted by molar-refractivity contribution is 6.30. The Hall–Kier alpha value is -1.60. The molecule has 0 spiro atoms. The van der Waals surface area contributed by atoms with Crippen LogP contribution in [0.1, 0.15) is 22.8 Å². The molecule has 0 radical (unpaired) electrons. The Morgan fingerprint density at radius 3 is 2.29 bits per heavy atom. The Labute approximate surface area is 106 Å². The predicted octanol–water partition coefficient (Wildman–Crippen LogP) is 4.52. The van der Waals surface area contributed by atoms with Gasteiger partial charge >= 0.3 is 0 Å². The van der Waals surface area contributed by atoms with Crippen LogP contribution in [0.5, 0.6) is 0 Å². The number of aryl methyl sites for hydroxylation is 1. The molecule has 0 fully saturated rings. The zero-order valence-corrected chi connectivity index (χ0v) is 10.6. The third-order valence-corrected chi connectivity index (χ3v) is 3.05. The number of halogens is 1. The molecule has 2 aromatic rings. The van der Waals surface area contributed by atoms with Crippen LogP contribution in [0.3, 0.4) is 0 Å². The van der Waals surface area contributed by atoms with Crippen molar-refractivity contribution < 1.29 is 4.79 Å². The molecule has 86 valence electrons. The molecule has 2 rings (SSSR count). The van der Waals surface area contributed by atoms with Gasteiger partial charge in [-0.3, -0.25) is 4.79 Å². The molecule has 0 saturated heterocycles. The van der Waals surface area contributed by atoms with Gasteiger partial charge in [0.2, 0.25) is 0 Å². The highest BCUT2D eigenvalue weighted by atomic mass is 35.5. The molecule has 0 amide bonds. The van der Waals surface area contributed by atoms with Crippen LogP contribution in [0.2, 0.25) is 5.02 Å². The molecule has 17 heavy (non-hydrogen) atoms. The van der Waals surface area contributed by atoms with Gasteiger partial charge in [0, 0.05) is 10.6 Å². The van der Waals surface area contributed by atoms with Crippen LogP contribution in [-0.2, 0) is 0 Å². The summed E-state index contributed by atoms with van der Waals surface area (Å²) in [7, 11) is 0. The van der Waals surface area contributed by atoms with Crippen molar-refractivity contribution >= 4 is 17.4 Å². The normalized spacial score (nSPS) is 10.3. The maximum atomic E-state index is 11.4. The third-order valence-electron chi connectivity index (χ3n) is 2.80. The topological polar surface area (TPSA) is 17.1 Å². The number of ketones is 1. The summed E-state index contributed by atoms with van der Waals surface area (Å²) in [5.41, 5.74) is 4.04. The van der Waals surface area contributed by atoms with Gasteiger partial charge in [0.25, 0.3) is 0 Å².